The van der Waals surface area contributed by atoms with Crippen LogP contribution >= 0.6 is 0 Å². The lowest BCUT2D eigenvalue weighted by Gasteiger charge is -2.17. The number of nitrogens with one attached hydrogen (secondary N) is 2. The summed E-state index contributed by atoms with van der Waals surface area (Å²) in [6.07, 6.45) is 0. The summed E-state index contributed by atoms with van der Waals surface area (Å²) in [7, 11) is 3.22. The van der Waals surface area contributed by atoms with Crippen molar-refractivity contribution in [1.82, 2.24) is 15.5 Å². The van der Waals surface area contributed by atoms with E-state index in [4.69, 9.17) is 9.47 Å². The van der Waals surface area contributed by atoms with Crippen molar-refractivity contribution in [2.24, 2.45) is 0 Å². The van der Waals surface area contributed by atoms with Gasteiger partial charge in [-0.05, 0) is 18.2 Å². The van der Waals surface area contributed by atoms with Crippen LogP contribution in [0.3, 0.4) is 0 Å². The van der Waals surface area contributed by atoms with E-state index in [-0.39, 0.29) is 11.9 Å². The number of fused-ring (bicyclic) bond motifs is 1. The molecule has 25 heavy (non-hydrogen) atoms. The van der Waals surface area contributed by atoms with Crippen molar-refractivity contribution in [2.75, 3.05) is 14.2 Å². The van der Waals surface area contributed by atoms with Gasteiger partial charge in [-0.3, -0.25) is 9.89 Å². The minimum absolute atomic E-state index is 0.181. The number of rotatable bonds is 4. The molecule has 0 aliphatic carbocycles. The monoisotopic (exact) mass is 335 g/mol. The fourth-order valence-electron chi connectivity index (χ4n) is 3.19. The highest BCUT2D eigenvalue weighted by atomic mass is 16.5. The highest BCUT2D eigenvalue weighted by Crippen LogP contribution is 2.41. The van der Waals surface area contributed by atoms with Gasteiger partial charge in [0.25, 0.3) is 5.91 Å². The van der Waals surface area contributed by atoms with Crippen LogP contribution in [-0.2, 0) is 0 Å². The Labute approximate surface area is 144 Å². The number of H-pyrrole nitrogens is 1. The van der Waals surface area contributed by atoms with Crippen LogP contribution in [0.25, 0.3) is 11.3 Å². The summed E-state index contributed by atoms with van der Waals surface area (Å²) in [5.41, 5.74) is 3.83. The van der Waals surface area contributed by atoms with Crippen molar-refractivity contribution in [3.63, 3.8) is 0 Å². The first-order chi connectivity index (χ1) is 12.2. The smallest absolute Gasteiger partial charge is 0.270 e. The molecule has 0 spiro atoms. The average molecular weight is 335 g/mol. The minimum atomic E-state index is -0.360. The predicted molar refractivity (Wildman–Crippen MR) is 92.9 cm³/mol. The van der Waals surface area contributed by atoms with Gasteiger partial charge in [-0.1, -0.05) is 30.3 Å². The third-order valence-corrected chi connectivity index (χ3v) is 4.39. The van der Waals surface area contributed by atoms with Gasteiger partial charge in [-0.15, -0.1) is 0 Å². The second-order valence-electron chi connectivity index (χ2n) is 5.74. The lowest BCUT2D eigenvalue weighted by atomic mass is 9.96. The number of hydrogen-bond acceptors (Lipinski definition) is 4. The molecule has 2 N–H and O–H groups in total. The molecule has 2 heterocycles. The van der Waals surface area contributed by atoms with Crippen molar-refractivity contribution in [2.45, 2.75) is 6.04 Å². The summed E-state index contributed by atoms with van der Waals surface area (Å²) >= 11 is 0. The number of aromatic nitrogens is 2. The molecule has 1 aromatic heterocycles. The molecule has 0 radical (unpaired) electrons. The molecule has 2 aromatic carbocycles. The maximum atomic E-state index is 12.4. The van der Waals surface area contributed by atoms with E-state index in [1.165, 1.54) is 0 Å². The number of hydrogen-bond donors (Lipinski definition) is 2. The number of benzene rings is 2. The first-order valence-electron chi connectivity index (χ1n) is 7.89. The van der Waals surface area contributed by atoms with Crippen LogP contribution in [0, 0.1) is 0 Å². The van der Waals surface area contributed by atoms with Crippen LogP contribution in [-0.4, -0.2) is 30.3 Å². The molecule has 6 nitrogen and oxygen atoms in total. The van der Waals surface area contributed by atoms with Gasteiger partial charge in [0.1, 0.15) is 17.2 Å². The Hall–Kier alpha value is -3.28. The first-order valence-corrected chi connectivity index (χ1v) is 7.89. The molecule has 0 fully saturated rings. The summed E-state index contributed by atoms with van der Waals surface area (Å²) in [5.74, 6) is 1.20. The summed E-state index contributed by atoms with van der Waals surface area (Å²) in [6, 6.07) is 15.0. The van der Waals surface area contributed by atoms with Gasteiger partial charge in [-0.2, -0.15) is 5.10 Å². The average Bonchev–Trinajstić information content (AvgIpc) is 3.23. The molecule has 0 saturated heterocycles. The van der Waals surface area contributed by atoms with Crippen LogP contribution in [0.15, 0.2) is 48.5 Å². The summed E-state index contributed by atoms with van der Waals surface area (Å²) in [5, 5.41) is 10.2. The number of carbonyl (C=O) groups is 1. The van der Waals surface area contributed by atoms with Crippen molar-refractivity contribution in [3.05, 3.63) is 65.4 Å². The maximum absolute atomic E-state index is 12.4. The molecule has 0 saturated carbocycles. The Morgan fingerprint density at radius 3 is 2.56 bits per heavy atom. The molecule has 1 atom stereocenters. The number of nitrogens with zero attached hydrogens (tertiary/aromatic N) is 1. The van der Waals surface area contributed by atoms with E-state index >= 15 is 0 Å². The number of amides is 1. The van der Waals surface area contributed by atoms with E-state index in [2.05, 4.69) is 15.5 Å². The van der Waals surface area contributed by atoms with E-state index in [0.717, 1.165) is 22.4 Å². The Kier molecular flexibility index (Phi) is 3.65. The molecule has 0 bridgehead atoms. The molecular weight excluding hydrogens is 318 g/mol. The van der Waals surface area contributed by atoms with Crippen molar-refractivity contribution in [3.8, 4) is 22.8 Å². The van der Waals surface area contributed by atoms with Crippen LogP contribution in [0.5, 0.6) is 11.5 Å². The zero-order chi connectivity index (χ0) is 17.4. The SMILES string of the molecule is COc1ccc(OC)c(C2NC(=O)c3[nH]nc(-c4ccccc4)c32)c1. The Balaban J connectivity index is 1.89. The zero-order valence-corrected chi connectivity index (χ0v) is 13.9. The number of aromatic amines is 1. The second kappa shape index (κ2) is 5.98. The molecule has 1 aliphatic heterocycles. The van der Waals surface area contributed by atoms with Gasteiger partial charge < -0.3 is 14.8 Å². The highest BCUT2D eigenvalue weighted by molar-refractivity contribution is 6.00. The second-order valence-corrected chi connectivity index (χ2v) is 5.74. The molecule has 4 rings (SSSR count). The van der Waals surface area contributed by atoms with Crippen LogP contribution in [0.2, 0.25) is 0 Å². The summed E-state index contributed by atoms with van der Waals surface area (Å²) < 4.78 is 10.8. The van der Waals surface area contributed by atoms with Crippen molar-refractivity contribution in [1.29, 1.82) is 0 Å². The standard InChI is InChI=1S/C19H17N3O3/c1-24-12-8-9-14(25-2)13(10-12)17-15-16(11-6-4-3-5-7-11)21-22-18(15)19(23)20-17/h3-10,17H,1-2H3,(H,20,23)(H,21,22). The molecular formula is C19H17N3O3. The molecule has 6 heteroatoms. The van der Waals surface area contributed by atoms with Gasteiger partial charge in [0.05, 0.1) is 26.0 Å². The zero-order valence-electron chi connectivity index (χ0n) is 13.9. The lowest BCUT2D eigenvalue weighted by molar-refractivity contribution is 0.0955. The van der Waals surface area contributed by atoms with Crippen molar-refractivity contribution < 1.29 is 14.3 Å². The molecule has 3 aromatic rings. The third-order valence-electron chi connectivity index (χ3n) is 4.39. The number of ether oxygens (including phenoxy) is 2. The molecule has 1 aliphatic rings. The molecule has 1 unspecified atom stereocenters. The van der Waals surface area contributed by atoms with E-state index < -0.39 is 0 Å². The topological polar surface area (TPSA) is 76.2 Å². The van der Waals surface area contributed by atoms with E-state index in [1.807, 2.05) is 48.5 Å². The molecule has 1 amide bonds. The Morgan fingerprint density at radius 2 is 1.84 bits per heavy atom. The van der Waals surface area contributed by atoms with E-state index in [1.54, 1.807) is 14.2 Å². The largest absolute Gasteiger partial charge is 0.497 e. The van der Waals surface area contributed by atoms with Gasteiger partial charge in [0.2, 0.25) is 0 Å². The van der Waals surface area contributed by atoms with Gasteiger partial charge in [0.15, 0.2) is 0 Å². The number of methoxy groups -OCH3 is 2. The van der Waals surface area contributed by atoms with Gasteiger partial charge in [-0.25, -0.2) is 0 Å². The fraction of sp³-hybridized carbons (Fsp3) is 0.158. The lowest BCUT2D eigenvalue weighted by Crippen LogP contribution is -2.21. The summed E-state index contributed by atoms with van der Waals surface area (Å²) in [4.78, 5) is 12.4. The van der Waals surface area contributed by atoms with E-state index in [9.17, 15) is 4.79 Å². The predicted octanol–water partition coefficient (Wildman–Crippen LogP) is 2.93. The number of carbonyl (C=O) groups excluding carboxylic acids is 1. The van der Waals surface area contributed by atoms with Crippen LogP contribution in [0.4, 0.5) is 0 Å². The Bertz CT molecular complexity index is 934. The normalized spacial score (nSPS) is 15.6. The van der Waals surface area contributed by atoms with Gasteiger partial charge in [0, 0.05) is 16.7 Å². The first kappa shape index (κ1) is 15.3. The van der Waals surface area contributed by atoms with Crippen LogP contribution in [0.1, 0.15) is 27.7 Å². The van der Waals surface area contributed by atoms with Crippen molar-refractivity contribution >= 4 is 5.91 Å². The fourth-order valence-corrected chi connectivity index (χ4v) is 3.19. The van der Waals surface area contributed by atoms with E-state index in [0.29, 0.717) is 17.2 Å². The maximum Gasteiger partial charge on any atom is 0.270 e. The highest BCUT2D eigenvalue weighted by Gasteiger charge is 2.37. The molecule has 126 valence electrons. The minimum Gasteiger partial charge on any atom is -0.497 e. The summed E-state index contributed by atoms with van der Waals surface area (Å²) in [6.45, 7) is 0. The Morgan fingerprint density at radius 1 is 1.04 bits per heavy atom. The third kappa shape index (κ3) is 2.42. The van der Waals surface area contributed by atoms with Gasteiger partial charge >= 0.3 is 0 Å². The van der Waals surface area contributed by atoms with Crippen LogP contribution < -0.4 is 14.8 Å². The quantitative estimate of drug-likeness (QED) is 0.769.